The summed E-state index contributed by atoms with van der Waals surface area (Å²) in [6.45, 7) is 6.40. The number of ether oxygens (including phenoxy) is 1. The van der Waals surface area contributed by atoms with Crippen molar-refractivity contribution in [3.63, 3.8) is 0 Å². The Bertz CT molecular complexity index is 568. The zero-order valence-electron chi connectivity index (χ0n) is 12.8. The van der Waals surface area contributed by atoms with Crippen molar-refractivity contribution in [3.8, 4) is 6.07 Å². The third kappa shape index (κ3) is 3.75. The molecule has 1 rings (SSSR count). The third-order valence-electron chi connectivity index (χ3n) is 2.87. The van der Waals surface area contributed by atoms with Crippen LogP contribution in [0, 0.1) is 11.3 Å². The Hall–Kier alpha value is -2.00. The van der Waals surface area contributed by atoms with Gasteiger partial charge in [-0.2, -0.15) is 5.26 Å². The number of nitrogens with zero attached hydrogens (tertiary/aromatic N) is 3. The number of pyridine rings is 1. The number of nitrogen functional groups attached to an aromatic ring is 1. The van der Waals surface area contributed by atoms with E-state index in [1.54, 1.807) is 24.7 Å². The molecule has 0 bridgehead atoms. The molecule has 0 saturated heterocycles. The van der Waals surface area contributed by atoms with Gasteiger partial charge in [0.25, 0.3) is 0 Å². The molecule has 0 aliphatic heterocycles. The van der Waals surface area contributed by atoms with Crippen molar-refractivity contribution in [2.45, 2.75) is 33.0 Å². The van der Waals surface area contributed by atoms with Crippen LogP contribution in [-0.4, -0.2) is 30.4 Å². The minimum Gasteiger partial charge on any atom is -0.387 e. The molecular weight excluding hydrogens is 254 g/mol. The molecule has 1 unspecified atom stereocenters. The third-order valence-corrected chi connectivity index (χ3v) is 2.87. The Morgan fingerprint density at radius 1 is 1.50 bits per heavy atom. The van der Waals surface area contributed by atoms with Crippen molar-refractivity contribution in [2.75, 3.05) is 24.6 Å². The van der Waals surface area contributed by atoms with Crippen molar-refractivity contribution in [2.24, 2.45) is 12.0 Å². The highest BCUT2D eigenvalue weighted by molar-refractivity contribution is 5.60. The fourth-order valence-electron chi connectivity index (χ4n) is 1.94. The zero-order chi connectivity index (χ0) is 15.3. The number of nitrogens with one attached hydrogen (secondary N) is 1. The van der Waals surface area contributed by atoms with Crippen LogP contribution in [0.4, 0.5) is 11.5 Å². The molecule has 1 atom stereocenters. The topological polar surface area (TPSA) is 88.4 Å². The van der Waals surface area contributed by atoms with Gasteiger partial charge in [-0.05, 0) is 20.8 Å². The summed E-state index contributed by atoms with van der Waals surface area (Å²) in [6.07, 6.45) is 0.138. The van der Waals surface area contributed by atoms with Gasteiger partial charge in [0, 0.05) is 20.2 Å². The minimum absolute atomic E-state index is 0.0130. The lowest BCUT2D eigenvalue weighted by atomic mass is 10.2. The summed E-state index contributed by atoms with van der Waals surface area (Å²) >= 11 is 0. The maximum Gasteiger partial charge on any atom is 0.149 e. The highest BCUT2D eigenvalue weighted by atomic mass is 16.5. The van der Waals surface area contributed by atoms with E-state index in [2.05, 4.69) is 16.4 Å². The summed E-state index contributed by atoms with van der Waals surface area (Å²) in [7, 11) is 3.55. The van der Waals surface area contributed by atoms with Crippen molar-refractivity contribution < 1.29 is 4.74 Å². The van der Waals surface area contributed by atoms with E-state index in [9.17, 15) is 5.26 Å². The van der Waals surface area contributed by atoms with Gasteiger partial charge in [0.05, 0.1) is 24.4 Å². The van der Waals surface area contributed by atoms with E-state index in [0.717, 1.165) is 0 Å². The van der Waals surface area contributed by atoms with Crippen molar-refractivity contribution in [3.05, 3.63) is 17.1 Å². The van der Waals surface area contributed by atoms with E-state index in [1.807, 2.05) is 20.8 Å². The zero-order valence-corrected chi connectivity index (χ0v) is 12.8. The molecule has 0 aliphatic rings. The Kier molecular flexibility index (Phi) is 5.59. The van der Waals surface area contributed by atoms with Crippen LogP contribution in [0.15, 0.2) is 11.1 Å². The van der Waals surface area contributed by atoms with E-state index in [-0.39, 0.29) is 12.2 Å². The molecule has 110 valence electrons. The summed E-state index contributed by atoms with van der Waals surface area (Å²) < 4.78 is 7.35. The second kappa shape index (κ2) is 6.96. The van der Waals surface area contributed by atoms with Gasteiger partial charge in [-0.15, -0.1) is 0 Å². The first kappa shape index (κ1) is 16.1. The molecule has 0 aliphatic carbocycles. The molecule has 1 heterocycles. The predicted octanol–water partition coefficient (Wildman–Crippen LogP) is 1.23. The standard InChI is InChI=1S/C14H23N5O/c1-9(2)20-10(3)8-18-14-11(7-15)12(17-4)6-13(16)19(14)5/h6,9-10,17H,8,16H2,1-5H3. The summed E-state index contributed by atoms with van der Waals surface area (Å²) in [6, 6.07) is 3.90. The molecule has 6 heteroatoms. The molecule has 0 saturated carbocycles. The van der Waals surface area contributed by atoms with E-state index in [1.165, 1.54) is 0 Å². The average molecular weight is 277 g/mol. The van der Waals surface area contributed by atoms with E-state index in [0.29, 0.717) is 29.1 Å². The average Bonchev–Trinajstić information content (AvgIpc) is 2.38. The lowest BCUT2D eigenvalue weighted by Crippen LogP contribution is -2.27. The Balaban J connectivity index is 3.22. The Morgan fingerprint density at radius 2 is 2.15 bits per heavy atom. The first-order chi connectivity index (χ1) is 9.40. The smallest absolute Gasteiger partial charge is 0.149 e. The number of nitriles is 1. The molecule has 1 aromatic rings. The van der Waals surface area contributed by atoms with Gasteiger partial charge >= 0.3 is 0 Å². The molecule has 3 N–H and O–H groups in total. The molecule has 0 fully saturated rings. The monoisotopic (exact) mass is 277 g/mol. The minimum atomic E-state index is -0.0130. The van der Waals surface area contributed by atoms with E-state index >= 15 is 0 Å². The summed E-state index contributed by atoms with van der Waals surface area (Å²) in [5, 5.41) is 12.3. The first-order valence-electron chi connectivity index (χ1n) is 6.64. The first-order valence-corrected chi connectivity index (χ1v) is 6.64. The molecule has 0 spiro atoms. The van der Waals surface area contributed by atoms with Crippen LogP contribution in [0.1, 0.15) is 26.3 Å². The highest BCUT2D eigenvalue weighted by Crippen LogP contribution is 2.13. The van der Waals surface area contributed by atoms with E-state index < -0.39 is 0 Å². The fraction of sp³-hybridized carbons (Fsp3) is 0.571. The number of nitrogens with two attached hydrogens (primary N) is 1. The van der Waals surface area contributed by atoms with Crippen LogP contribution >= 0.6 is 0 Å². The lowest BCUT2D eigenvalue weighted by Gasteiger charge is -2.15. The number of rotatable bonds is 5. The van der Waals surface area contributed by atoms with Gasteiger partial charge in [0.15, 0.2) is 0 Å². The van der Waals surface area contributed by atoms with E-state index in [4.69, 9.17) is 10.5 Å². The fourth-order valence-corrected chi connectivity index (χ4v) is 1.94. The number of hydrogen-bond acceptors (Lipinski definition) is 5. The van der Waals surface area contributed by atoms with Gasteiger partial charge < -0.3 is 20.4 Å². The molecule has 0 aromatic carbocycles. The van der Waals surface area contributed by atoms with Gasteiger partial charge in [-0.25, -0.2) is 0 Å². The summed E-state index contributed by atoms with van der Waals surface area (Å²) in [5.74, 6) is 0.546. The summed E-state index contributed by atoms with van der Waals surface area (Å²) in [4.78, 5) is 4.49. The van der Waals surface area contributed by atoms with Gasteiger partial charge in [-0.1, -0.05) is 0 Å². The van der Waals surface area contributed by atoms with Gasteiger partial charge in [-0.3, -0.25) is 4.99 Å². The molecular formula is C14H23N5O. The highest BCUT2D eigenvalue weighted by Gasteiger charge is 2.10. The maximum absolute atomic E-state index is 9.32. The van der Waals surface area contributed by atoms with Crippen LogP contribution in [-0.2, 0) is 11.8 Å². The van der Waals surface area contributed by atoms with Crippen LogP contribution in [0.25, 0.3) is 0 Å². The number of aromatic nitrogens is 1. The largest absolute Gasteiger partial charge is 0.387 e. The predicted molar refractivity (Wildman–Crippen MR) is 80.2 cm³/mol. The second-order valence-electron chi connectivity index (χ2n) is 4.94. The summed E-state index contributed by atoms with van der Waals surface area (Å²) in [5.41, 5.74) is 7.66. The maximum atomic E-state index is 9.32. The molecule has 0 amide bonds. The number of hydrogen-bond donors (Lipinski definition) is 2. The molecule has 6 nitrogen and oxygen atoms in total. The molecule has 20 heavy (non-hydrogen) atoms. The Morgan fingerprint density at radius 3 is 2.65 bits per heavy atom. The Labute approximate surface area is 119 Å². The SMILES string of the molecule is CNc1cc(N)n(C)c(=NCC(C)OC(C)C)c1C#N. The van der Waals surface area contributed by atoms with Crippen LogP contribution in [0.5, 0.6) is 0 Å². The normalized spacial score (nSPS) is 13.3. The van der Waals surface area contributed by atoms with Crippen molar-refractivity contribution in [1.82, 2.24) is 4.57 Å². The van der Waals surface area contributed by atoms with Gasteiger partial charge in [0.1, 0.15) is 22.9 Å². The van der Waals surface area contributed by atoms with Gasteiger partial charge in [0.2, 0.25) is 0 Å². The lowest BCUT2D eigenvalue weighted by molar-refractivity contribution is 0.0241. The van der Waals surface area contributed by atoms with Crippen LogP contribution in [0.3, 0.4) is 0 Å². The molecule has 1 aromatic heterocycles. The van der Waals surface area contributed by atoms with Crippen molar-refractivity contribution >= 4 is 11.5 Å². The quantitative estimate of drug-likeness (QED) is 0.847. The van der Waals surface area contributed by atoms with Crippen LogP contribution in [0.2, 0.25) is 0 Å². The van der Waals surface area contributed by atoms with Crippen molar-refractivity contribution in [1.29, 1.82) is 5.26 Å². The van der Waals surface area contributed by atoms with Crippen LogP contribution < -0.4 is 16.5 Å². The number of anilines is 2. The second-order valence-corrected chi connectivity index (χ2v) is 4.94. The molecule has 0 radical (unpaired) electrons.